The van der Waals surface area contributed by atoms with Gasteiger partial charge in [0.15, 0.2) is 0 Å². The Bertz CT molecular complexity index is 937. The van der Waals surface area contributed by atoms with Crippen LogP contribution in [0.3, 0.4) is 0 Å². The highest BCUT2D eigenvalue weighted by Crippen LogP contribution is 2.25. The van der Waals surface area contributed by atoms with E-state index in [1.807, 2.05) is 29.2 Å². The van der Waals surface area contributed by atoms with Crippen LogP contribution in [0.2, 0.25) is 0 Å². The largest absolute Gasteiger partial charge is 0.496 e. The molecule has 1 N–H and O–H groups in total. The lowest BCUT2D eigenvalue weighted by molar-refractivity contribution is -0.142. The molecule has 2 aliphatic heterocycles. The standard InChI is InChI=1S/C24H30N4O4/c1-31-21-6-3-2-5-18(21)14-26-23(29)19-15-25-16-27-20(19)13-17-8-10-28(11-9-17)24(30)22-7-4-12-32-22/h2-3,5-6,15-17,22H,4,7-14H2,1H3,(H,26,29)/t22-/m0/s1. The van der Waals surface area contributed by atoms with Crippen molar-refractivity contribution in [1.29, 1.82) is 0 Å². The molecule has 2 aromatic rings. The number of piperidine rings is 1. The molecule has 4 rings (SSSR count). The molecule has 0 bridgehead atoms. The number of aromatic nitrogens is 2. The molecule has 0 unspecified atom stereocenters. The van der Waals surface area contributed by atoms with E-state index in [1.165, 1.54) is 6.33 Å². The molecule has 0 aliphatic carbocycles. The highest BCUT2D eigenvalue weighted by atomic mass is 16.5. The number of carbonyl (C=O) groups excluding carboxylic acids is 2. The number of carbonyl (C=O) groups is 2. The molecule has 2 amide bonds. The fourth-order valence-electron chi connectivity index (χ4n) is 4.43. The molecule has 2 aliphatic rings. The first kappa shape index (κ1) is 22.2. The maximum absolute atomic E-state index is 12.9. The fraction of sp³-hybridized carbons (Fsp3) is 0.500. The number of hydrogen-bond donors (Lipinski definition) is 1. The molecule has 3 heterocycles. The number of hydrogen-bond acceptors (Lipinski definition) is 6. The predicted octanol–water partition coefficient (Wildman–Crippen LogP) is 2.38. The second kappa shape index (κ2) is 10.5. The lowest BCUT2D eigenvalue weighted by Gasteiger charge is -2.33. The van der Waals surface area contributed by atoms with Crippen molar-refractivity contribution in [1.82, 2.24) is 20.2 Å². The van der Waals surface area contributed by atoms with Crippen LogP contribution in [-0.2, 0) is 22.5 Å². The molecule has 0 spiro atoms. The summed E-state index contributed by atoms with van der Waals surface area (Å²) in [6.07, 6.45) is 7.08. The first-order valence-corrected chi connectivity index (χ1v) is 11.2. The SMILES string of the molecule is COc1ccccc1CNC(=O)c1cncnc1CC1CCN(C(=O)[C@@H]2CCCO2)CC1. The summed E-state index contributed by atoms with van der Waals surface area (Å²) in [4.78, 5) is 35.8. The number of nitrogens with zero attached hydrogens (tertiary/aromatic N) is 3. The minimum atomic E-state index is -0.257. The monoisotopic (exact) mass is 438 g/mol. The van der Waals surface area contributed by atoms with Crippen molar-refractivity contribution in [2.45, 2.75) is 44.8 Å². The normalized spacial score (nSPS) is 19.0. The summed E-state index contributed by atoms with van der Waals surface area (Å²) in [5, 5.41) is 2.96. The van der Waals surface area contributed by atoms with E-state index in [-0.39, 0.29) is 17.9 Å². The first-order chi connectivity index (χ1) is 15.7. The number of benzene rings is 1. The average molecular weight is 439 g/mol. The summed E-state index contributed by atoms with van der Waals surface area (Å²) in [5.74, 6) is 1.04. The summed E-state index contributed by atoms with van der Waals surface area (Å²) in [6.45, 7) is 2.50. The van der Waals surface area contributed by atoms with Gasteiger partial charge in [-0.15, -0.1) is 0 Å². The van der Waals surface area contributed by atoms with E-state index in [2.05, 4.69) is 15.3 Å². The zero-order chi connectivity index (χ0) is 22.3. The van der Waals surface area contributed by atoms with Gasteiger partial charge < -0.3 is 19.7 Å². The second-order valence-corrected chi connectivity index (χ2v) is 8.35. The fourth-order valence-corrected chi connectivity index (χ4v) is 4.43. The van der Waals surface area contributed by atoms with Crippen LogP contribution in [-0.4, -0.2) is 59.6 Å². The molecule has 1 aromatic heterocycles. The number of ether oxygens (including phenoxy) is 2. The van der Waals surface area contributed by atoms with Crippen molar-refractivity contribution in [3.63, 3.8) is 0 Å². The van der Waals surface area contributed by atoms with Gasteiger partial charge in [0, 0.05) is 38.0 Å². The van der Waals surface area contributed by atoms with E-state index in [9.17, 15) is 9.59 Å². The lowest BCUT2D eigenvalue weighted by Crippen LogP contribution is -2.44. The van der Waals surface area contributed by atoms with Crippen LogP contribution < -0.4 is 10.1 Å². The molecule has 170 valence electrons. The molecule has 8 heteroatoms. The highest BCUT2D eigenvalue weighted by molar-refractivity contribution is 5.94. The summed E-state index contributed by atoms with van der Waals surface area (Å²) in [6, 6.07) is 7.60. The molecule has 0 saturated carbocycles. The van der Waals surface area contributed by atoms with Crippen molar-refractivity contribution in [3.05, 3.63) is 53.6 Å². The van der Waals surface area contributed by atoms with Gasteiger partial charge in [-0.05, 0) is 44.1 Å². The zero-order valence-corrected chi connectivity index (χ0v) is 18.5. The van der Waals surface area contributed by atoms with Crippen LogP contribution in [0.15, 0.2) is 36.8 Å². The van der Waals surface area contributed by atoms with Gasteiger partial charge >= 0.3 is 0 Å². The van der Waals surface area contributed by atoms with Gasteiger partial charge in [-0.25, -0.2) is 9.97 Å². The van der Waals surface area contributed by atoms with Crippen LogP contribution in [0.1, 0.15) is 47.3 Å². The number of nitrogens with one attached hydrogen (secondary N) is 1. The Balaban J connectivity index is 1.33. The number of rotatable bonds is 7. The molecule has 8 nitrogen and oxygen atoms in total. The first-order valence-electron chi connectivity index (χ1n) is 11.2. The molecule has 2 fully saturated rings. The van der Waals surface area contributed by atoms with Gasteiger partial charge in [-0.3, -0.25) is 9.59 Å². The second-order valence-electron chi connectivity index (χ2n) is 8.35. The molecule has 1 atom stereocenters. The quantitative estimate of drug-likeness (QED) is 0.713. The Morgan fingerprint density at radius 1 is 1.22 bits per heavy atom. The van der Waals surface area contributed by atoms with Crippen LogP contribution in [0.5, 0.6) is 5.75 Å². The maximum atomic E-state index is 12.9. The zero-order valence-electron chi connectivity index (χ0n) is 18.5. The molecule has 32 heavy (non-hydrogen) atoms. The number of methoxy groups -OCH3 is 1. The molecule has 2 saturated heterocycles. The van der Waals surface area contributed by atoms with Crippen molar-refractivity contribution < 1.29 is 19.1 Å². The smallest absolute Gasteiger partial charge is 0.254 e. The predicted molar refractivity (Wildman–Crippen MR) is 118 cm³/mol. The van der Waals surface area contributed by atoms with Crippen molar-refractivity contribution in [2.75, 3.05) is 26.8 Å². The van der Waals surface area contributed by atoms with E-state index in [0.29, 0.717) is 31.1 Å². The van der Waals surface area contributed by atoms with E-state index in [4.69, 9.17) is 9.47 Å². The molecule has 0 radical (unpaired) electrons. The van der Waals surface area contributed by atoms with Gasteiger partial charge in [0.05, 0.1) is 18.4 Å². The molecular formula is C24H30N4O4. The third-order valence-corrected chi connectivity index (χ3v) is 6.28. The van der Waals surface area contributed by atoms with Gasteiger partial charge in [0.2, 0.25) is 0 Å². The Morgan fingerprint density at radius 3 is 2.78 bits per heavy atom. The highest BCUT2D eigenvalue weighted by Gasteiger charge is 2.31. The summed E-state index contributed by atoms with van der Waals surface area (Å²) in [5.41, 5.74) is 2.16. The van der Waals surface area contributed by atoms with E-state index < -0.39 is 0 Å². The molecular weight excluding hydrogens is 408 g/mol. The van der Waals surface area contributed by atoms with Crippen molar-refractivity contribution in [2.24, 2.45) is 5.92 Å². The van der Waals surface area contributed by atoms with Gasteiger partial charge in [0.25, 0.3) is 11.8 Å². The summed E-state index contributed by atoms with van der Waals surface area (Å²) >= 11 is 0. The van der Waals surface area contributed by atoms with E-state index in [0.717, 1.165) is 55.8 Å². The van der Waals surface area contributed by atoms with Gasteiger partial charge in [0.1, 0.15) is 18.2 Å². The van der Waals surface area contributed by atoms with Crippen molar-refractivity contribution >= 4 is 11.8 Å². The minimum Gasteiger partial charge on any atom is -0.496 e. The van der Waals surface area contributed by atoms with Crippen LogP contribution in [0, 0.1) is 5.92 Å². The van der Waals surface area contributed by atoms with Crippen molar-refractivity contribution in [3.8, 4) is 5.75 Å². The Morgan fingerprint density at radius 2 is 2.03 bits per heavy atom. The third-order valence-electron chi connectivity index (χ3n) is 6.28. The number of likely N-dealkylation sites (tertiary alicyclic amines) is 1. The van der Waals surface area contributed by atoms with E-state index >= 15 is 0 Å². The number of para-hydroxylation sites is 1. The molecule has 1 aromatic carbocycles. The Labute approximate surface area is 188 Å². The minimum absolute atomic E-state index is 0.124. The topological polar surface area (TPSA) is 93.6 Å². The van der Waals surface area contributed by atoms with Gasteiger partial charge in [-0.2, -0.15) is 0 Å². The maximum Gasteiger partial charge on any atom is 0.254 e. The van der Waals surface area contributed by atoms with Crippen LogP contribution >= 0.6 is 0 Å². The van der Waals surface area contributed by atoms with Crippen LogP contribution in [0.4, 0.5) is 0 Å². The van der Waals surface area contributed by atoms with Crippen LogP contribution in [0.25, 0.3) is 0 Å². The summed E-state index contributed by atoms with van der Waals surface area (Å²) < 4.78 is 10.9. The lowest BCUT2D eigenvalue weighted by atomic mass is 9.90. The summed E-state index contributed by atoms with van der Waals surface area (Å²) in [7, 11) is 1.61. The van der Waals surface area contributed by atoms with E-state index in [1.54, 1.807) is 13.3 Å². The van der Waals surface area contributed by atoms with Gasteiger partial charge in [-0.1, -0.05) is 18.2 Å². The third kappa shape index (κ3) is 5.24. The average Bonchev–Trinajstić information content (AvgIpc) is 3.38. The Hall–Kier alpha value is -3.00. The Kier molecular flexibility index (Phi) is 7.32. The number of amides is 2.